The lowest BCUT2D eigenvalue weighted by Crippen LogP contribution is -2.26. The van der Waals surface area contributed by atoms with Gasteiger partial charge in [-0.3, -0.25) is 14.8 Å². The van der Waals surface area contributed by atoms with Crippen molar-refractivity contribution >= 4 is 16.9 Å². The molecular formula is C23H19N3O2. The first-order valence-electron chi connectivity index (χ1n) is 8.98. The van der Waals surface area contributed by atoms with E-state index in [9.17, 15) is 4.79 Å². The second-order valence-electron chi connectivity index (χ2n) is 6.45. The fourth-order valence-electron chi connectivity index (χ4n) is 3.00. The van der Waals surface area contributed by atoms with Gasteiger partial charge in [-0.05, 0) is 42.0 Å². The summed E-state index contributed by atoms with van der Waals surface area (Å²) in [6.07, 6.45) is 3.23. The van der Waals surface area contributed by atoms with E-state index in [4.69, 9.17) is 4.74 Å². The standard InChI is InChI=1S/C23H19N3O2/c1-26(23(27)20-8-5-9-21-22(20)25-15-14-24-21)16-17-10-12-19(13-11-17)28-18-6-3-2-4-7-18/h2-15H,16H2,1H3. The van der Waals surface area contributed by atoms with Crippen molar-refractivity contribution in [3.8, 4) is 11.5 Å². The number of hydrogen-bond acceptors (Lipinski definition) is 4. The minimum Gasteiger partial charge on any atom is -0.457 e. The molecule has 0 spiro atoms. The lowest BCUT2D eigenvalue weighted by atomic mass is 10.1. The second-order valence-corrected chi connectivity index (χ2v) is 6.45. The third-order valence-corrected chi connectivity index (χ3v) is 4.40. The molecule has 1 aromatic heterocycles. The number of fused-ring (bicyclic) bond motifs is 1. The number of ether oxygens (including phenoxy) is 1. The van der Waals surface area contributed by atoms with Crippen molar-refractivity contribution in [3.05, 3.63) is 96.3 Å². The molecule has 0 fully saturated rings. The van der Waals surface area contributed by atoms with Gasteiger partial charge in [-0.15, -0.1) is 0 Å². The highest BCUT2D eigenvalue weighted by Gasteiger charge is 2.16. The summed E-state index contributed by atoms with van der Waals surface area (Å²) in [5.74, 6) is 1.46. The lowest BCUT2D eigenvalue weighted by molar-refractivity contribution is 0.0787. The summed E-state index contributed by atoms with van der Waals surface area (Å²) in [6, 6.07) is 22.8. The van der Waals surface area contributed by atoms with Crippen LogP contribution in [0, 0.1) is 0 Å². The first-order chi connectivity index (χ1) is 13.7. The molecule has 0 saturated heterocycles. The number of carbonyl (C=O) groups excluding carboxylic acids is 1. The normalized spacial score (nSPS) is 10.6. The molecule has 28 heavy (non-hydrogen) atoms. The third kappa shape index (κ3) is 3.83. The number of amides is 1. The minimum absolute atomic E-state index is 0.0873. The molecule has 138 valence electrons. The zero-order valence-corrected chi connectivity index (χ0v) is 15.4. The fourth-order valence-corrected chi connectivity index (χ4v) is 3.00. The van der Waals surface area contributed by atoms with E-state index in [0.717, 1.165) is 17.1 Å². The Kier molecular flexibility index (Phi) is 4.97. The Bertz CT molecular complexity index is 1090. The van der Waals surface area contributed by atoms with Gasteiger partial charge in [0.25, 0.3) is 5.91 Å². The van der Waals surface area contributed by atoms with Crippen molar-refractivity contribution in [3.63, 3.8) is 0 Å². The fraction of sp³-hybridized carbons (Fsp3) is 0.0870. The predicted octanol–water partition coefficient (Wildman–Crippen LogP) is 4.69. The van der Waals surface area contributed by atoms with Crippen LogP contribution in [-0.4, -0.2) is 27.8 Å². The highest BCUT2D eigenvalue weighted by molar-refractivity contribution is 6.04. The van der Waals surface area contributed by atoms with Crippen LogP contribution in [0.1, 0.15) is 15.9 Å². The number of nitrogens with zero attached hydrogens (tertiary/aromatic N) is 3. The van der Waals surface area contributed by atoms with Crippen molar-refractivity contribution in [1.29, 1.82) is 0 Å². The summed E-state index contributed by atoms with van der Waals surface area (Å²) in [5, 5.41) is 0. The summed E-state index contributed by atoms with van der Waals surface area (Å²) >= 11 is 0. The molecule has 0 aliphatic heterocycles. The van der Waals surface area contributed by atoms with E-state index < -0.39 is 0 Å². The topological polar surface area (TPSA) is 55.3 Å². The van der Waals surface area contributed by atoms with Crippen LogP contribution < -0.4 is 4.74 Å². The molecule has 0 atom stereocenters. The second kappa shape index (κ2) is 7.88. The number of carbonyl (C=O) groups is 1. The van der Waals surface area contributed by atoms with E-state index in [0.29, 0.717) is 23.1 Å². The average molecular weight is 369 g/mol. The van der Waals surface area contributed by atoms with Crippen LogP contribution in [0.3, 0.4) is 0 Å². The molecule has 0 bridgehead atoms. The molecule has 0 N–H and O–H groups in total. The molecule has 4 aromatic rings. The minimum atomic E-state index is -0.0873. The Balaban J connectivity index is 1.47. The Morgan fingerprint density at radius 2 is 1.57 bits per heavy atom. The van der Waals surface area contributed by atoms with E-state index in [1.165, 1.54) is 0 Å². The van der Waals surface area contributed by atoms with Crippen molar-refractivity contribution in [1.82, 2.24) is 14.9 Å². The zero-order chi connectivity index (χ0) is 19.3. The van der Waals surface area contributed by atoms with Gasteiger partial charge < -0.3 is 9.64 Å². The number of benzene rings is 3. The predicted molar refractivity (Wildman–Crippen MR) is 108 cm³/mol. The number of para-hydroxylation sites is 2. The van der Waals surface area contributed by atoms with Gasteiger partial charge in [-0.25, -0.2) is 0 Å². The van der Waals surface area contributed by atoms with Crippen LogP contribution in [0.25, 0.3) is 11.0 Å². The Morgan fingerprint density at radius 1 is 0.857 bits per heavy atom. The maximum absolute atomic E-state index is 12.9. The van der Waals surface area contributed by atoms with E-state index >= 15 is 0 Å². The van der Waals surface area contributed by atoms with Gasteiger partial charge in [-0.2, -0.15) is 0 Å². The molecule has 5 heteroatoms. The highest BCUT2D eigenvalue weighted by atomic mass is 16.5. The molecule has 1 heterocycles. The quantitative estimate of drug-likeness (QED) is 0.512. The first-order valence-corrected chi connectivity index (χ1v) is 8.98. The Labute approximate surface area is 163 Å². The number of rotatable bonds is 5. The van der Waals surface area contributed by atoms with Crippen molar-refractivity contribution < 1.29 is 9.53 Å². The molecule has 4 rings (SSSR count). The SMILES string of the molecule is CN(Cc1ccc(Oc2ccccc2)cc1)C(=O)c1cccc2nccnc12. The van der Waals surface area contributed by atoms with Crippen molar-refractivity contribution in [2.75, 3.05) is 7.05 Å². The smallest absolute Gasteiger partial charge is 0.256 e. The van der Waals surface area contributed by atoms with Crippen LogP contribution in [0.2, 0.25) is 0 Å². The van der Waals surface area contributed by atoms with E-state index in [1.54, 1.807) is 30.4 Å². The molecule has 0 aliphatic rings. The maximum Gasteiger partial charge on any atom is 0.256 e. The molecule has 0 saturated carbocycles. The largest absolute Gasteiger partial charge is 0.457 e. The number of hydrogen-bond donors (Lipinski definition) is 0. The Hall–Kier alpha value is -3.73. The van der Waals surface area contributed by atoms with Gasteiger partial charge in [0, 0.05) is 26.0 Å². The highest BCUT2D eigenvalue weighted by Crippen LogP contribution is 2.22. The molecule has 1 amide bonds. The Morgan fingerprint density at radius 3 is 2.36 bits per heavy atom. The average Bonchev–Trinajstić information content (AvgIpc) is 2.75. The van der Waals surface area contributed by atoms with Crippen LogP contribution in [0.15, 0.2) is 85.2 Å². The van der Waals surface area contributed by atoms with Gasteiger partial charge in [-0.1, -0.05) is 36.4 Å². The van der Waals surface area contributed by atoms with Crippen LogP contribution >= 0.6 is 0 Å². The van der Waals surface area contributed by atoms with Gasteiger partial charge in [0.05, 0.1) is 11.1 Å². The third-order valence-electron chi connectivity index (χ3n) is 4.40. The van der Waals surface area contributed by atoms with E-state index in [2.05, 4.69) is 9.97 Å². The van der Waals surface area contributed by atoms with Gasteiger partial charge in [0.1, 0.15) is 17.0 Å². The van der Waals surface area contributed by atoms with Crippen LogP contribution in [-0.2, 0) is 6.54 Å². The van der Waals surface area contributed by atoms with E-state index in [1.807, 2.05) is 66.7 Å². The lowest BCUT2D eigenvalue weighted by Gasteiger charge is -2.18. The summed E-state index contributed by atoms with van der Waals surface area (Å²) < 4.78 is 5.81. The molecule has 0 aliphatic carbocycles. The first kappa shape index (κ1) is 17.7. The van der Waals surface area contributed by atoms with Crippen LogP contribution in [0.4, 0.5) is 0 Å². The van der Waals surface area contributed by atoms with Gasteiger partial charge in [0.2, 0.25) is 0 Å². The van der Waals surface area contributed by atoms with Gasteiger partial charge in [0.15, 0.2) is 0 Å². The van der Waals surface area contributed by atoms with Crippen molar-refractivity contribution in [2.24, 2.45) is 0 Å². The van der Waals surface area contributed by atoms with E-state index in [-0.39, 0.29) is 5.91 Å². The molecule has 0 radical (unpaired) electrons. The summed E-state index contributed by atoms with van der Waals surface area (Å²) in [5.41, 5.74) is 2.90. The van der Waals surface area contributed by atoms with Gasteiger partial charge >= 0.3 is 0 Å². The zero-order valence-electron chi connectivity index (χ0n) is 15.4. The van der Waals surface area contributed by atoms with Crippen molar-refractivity contribution in [2.45, 2.75) is 6.54 Å². The monoisotopic (exact) mass is 369 g/mol. The molecular weight excluding hydrogens is 350 g/mol. The maximum atomic E-state index is 12.9. The summed E-state index contributed by atoms with van der Waals surface area (Å²) in [6.45, 7) is 0.487. The summed E-state index contributed by atoms with van der Waals surface area (Å²) in [7, 11) is 1.78. The van der Waals surface area contributed by atoms with Crippen LogP contribution in [0.5, 0.6) is 11.5 Å². The molecule has 5 nitrogen and oxygen atoms in total. The summed E-state index contributed by atoms with van der Waals surface area (Å²) in [4.78, 5) is 23.2. The number of aromatic nitrogens is 2. The molecule has 0 unspecified atom stereocenters. The molecule has 3 aromatic carbocycles.